The lowest BCUT2D eigenvalue weighted by Gasteiger charge is -2.09. The van der Waals surface area contributed by atoms with Gasteiger partial charge in [-0.05, 0) is 29.2 Å². The van der Waals surface area contributed by atoms with Crippen molar-refractivity contribution in [1.29, 1.82) is 0 Å². The van der Waals surface area contributed by atoms with Gasteiger partial charge in [-0.25, -0.2) is 0 Å². The van der Waals surface area contributed by atoms with Crippen LogP contribution in [0, 0.1) is 0 Å². The number of fused-ring (bicyclic) bond motifs is 1. The van der Waals surface area contributed by atoms with Crippen molar-refractivity contribution < 1.29 is 5.11 Å². The van der Waals surface area contributed by atoms with Crippen LogP contribution in [0.5, 0.6) is 0 Å². The van der Waals surface area contributed by atoms with Gasteiger partial charge in [0, 0.05) is 5.33 Å². The van der Waals surface area contributed by atoms with E-state index in [1.54, 1.807) is 0 Å². The Morgan fingerprint density at radius 1 is 1.06 bits per heavy atom. The normalized spacial score (nSPS) is 12.9. The molecule has 0 fully saturated rings. The second-order valence-corrected chi connectivity index (χ2v) is 4.63. The summed E-state index contributed by atoms with van der Waals surface area (Å²) in [5, 5.41) is 12.8. The molecule has 0 aliphatic rings. The fourth-order valence-electron chi connectivity index (χ4n) is 1.91. The zero-order valence-corrected chi connectivity index (χ0v) is 10.7. The smallest absolute Gasteiger partial charge is 0.0640 e. The van der Waals surface area contributed by atoms with Crippen molar-refractivity contribution in [2.45, 2.75) is 18.9 Å². The lowest BCUT2D eigenvalue weighted by atomic mass is 10.00. The molecule has 2 rings (SSSR count). The van der Waals surface area contributed by atoms with Crippen LogP contribution in [0.2, 0.25) is 0 Å². The lowest BCUT2D eigenvalue weighted by molar-refractivity contribution is 0.191. The van der Waals surface area contributed by atoms with Gasteiger partial charge in [-0.1, -0.05) is 58.4 Å². The highest BCUT2D eigenvalue weighted by atomic mass is 79.9. The van der Waals surface area contributed by atoms with Crippen LogP contribution < -0.4 is 0 Å². The molecule has 2 heteroatoms. The number of benzene rings is 2. The fraction of sp³-hybridized carbons (Fsp3) is 0.286. The zero-order valence-electron chi connectivity index (χ0n) is 9.07. The molecular formula is C14H15BrO. The lowest BCUT2D eigenvalue weighted by Crippen LogP contribution is -2.08. The first-order chi connectivity index (χ1) is 7.81. The predicted octanol–water partition coefficient (Wildman–Crippen LogP) is 3.53. The van der Waals surface area contributed by atoms with E-state index in [-0.39, 0.29) is 6.10 Å². The average molecular weight is 279 g/mol. The summed E-state index contributed by atoms with van der Waals surface area (Å²) in [6.07, 6.45) is 1.48. The van der Waals surface area contributed by atoms with Gasteiger partial charge in [-0.15, -0.1) is 0 Å². The molecule has 0 aliphatic carbocycles. The fourth-order valence-corrected chi connectivity index (χ4v) is 2.23. The molecule has 0 aliphatic heterocycles. The van der Waals surface area contributed by atoms with Crippen LogP contribution in [0.25, 0.3) is 10.8 Å². The van der Waals surface area contributed by atoms with Gasteiger partial charge in [0.2, 0.25) is 0 Å². The van der Waals surface area contributed by atoms with Gasteiger partial charge < -0.3 is 5.11 Å². The summed E-state index contributed by atoms with van der Waals surface area (Å²) in [5.41, 5.74) is 1.32. The van der Waals surface area contributed by atoms with Crippen molar-refractivity contribution in [3.05, 3.63) is 48.0 Å². The van der Waals surface area contributed by atoms with E-state index < -0.39 is 0 Å². The molecule has 1 unspecified atom stereocenters. The van der Waals surface area contributed by atoms with Crippen LogP contribution in [0.4, 0.5) is 0 Å². The summed E-state index contributed by atoms with van der Waals surface area (Å²) in [4.78, 5) is 0. The highest BCUT2D eigenvalue weighted by Crippen LogP contribution is 2.20. The molecule has 84 valence electrons. The molecule has 2 aromatic rings. The average Bonchev–Trinajstić information content (AvgIpc) is 2.35. The van der Waals surface area contributed by atoms with E-state index in [0.717, 1.165) is 12.8 Å². The number of rotatable bonds is 4. The molecule has 1 atom stereocenters. The van der Waals surface area contributed by atoms with Crippen molar-refractivity contribution in [3.63, 3.8) is 0 Å². The Morgan fingerprint density at radius 3 is 2.62 bits per heavy atom. The van der Waals surface area contributed by atoms with Gasteiger partial charge in [-0.2, -0.15) is 0 Å². The maximum absolute atomic E-state index is 9.54. The van der Waals surface area contributed by atoms with Crippen molar-refractivity contribution in [1.82, 2.24) is 0 Å². The summed E-state index contributed by atoms with van der Waals surface area (Å²) in [6, 6.07) is 14.7. The number of halogens is 1. The van der Waals surface area contributed by atoms with E-state index in [4.69, 9.17) is 0 Å². The summed E-state index contributed by atoms with van der Waals surface area (Å²) in [6.45, 7) is 0. The monoisotopic (exact) mass is 278 g/mol. The number of hydrogen-bond donors (Lipinski definition) is 1. The van der Waals surface area contributed by atoms with E-state index in [0.29, 0.717) is 5.33 Å². The van der Waals surface area contributed by atoms with Crippen LogP contribution in [0.3, 0.4) is 0 Å². The molecule has 0 aromatic heterocycles. The minimum absolute atomic E-state index is 0.251. The molecule has 0 spiro atoms. The molecular weight excluding hydrogens is 264 g/mol. The highest BCUT2D eigenvalue weighted by molar-refractivity contribution is 9.09. The second-order valence-electron chi connectivity index (χ2n) is 3.99. The number of hydrogen-bond acceptors (Lipinski definition) is 1. The molecule has 0 heterocycles. The molecule has 0 radical (unpaired) electrons. The Morgan fingerprint density at radius 2 is 1.81 bits per heavy atom. The second kappa shape index (κ2) is 5.46. The van der Waals surface area contributed by atoms with Crippen molar-refractivity contribution >= 4 is 26.7 Å². The van der Waals surface area contributed by atoms with E-state index in [1.807, 2.05) is 0 Å². The van der Waals surface area contributed by atoms with Gasteiger partial charge in [0.25, 0.3) is 0 Å². The minimum atomic E-state index is -0.251. The van der Waals surface area contributed by atoms with Crippen LogP contribution in [0.1, 0.15) is 12.0 Å². The Labute approximate surface area is 104 Å². The molecule has 0 amide bonds. The molecule has 0 bridgehead atoms. The number of aliphatic hydroxyl groups is 1. The summed E-state index contributed by atoms with van der Waals surface area (Å²) in [7, 11) is 0. The largest absolute Gasteiger partial charge is 0.392 e. The van der Waals surface area contributed by atoms with Crippen LogP contribution >= 0.6 is 15.9 Å². The Hall–Kier alpha value is -0.860. The number of aliphatic hydroxyl groups excluding tert-OH is 1. The van der Waals surface area contributed by atoms with E-state index in [9.17, 15) is 5.11 Å². The first kappa shape index (κ1) is 11.6. The third-order valence-electron chi connectivity index (χ3n) is 2.80. The third kappa shape index (κ3) is 2.63. The third-order valence-corrected chi connectivity index (χ3v) is 3.55. The highest BCUT2D eigenvalue weighted by Gasteiger charge is 2.04. The maximum atomic E-state index is 9.54. The van der Waals surface area contributed by atoms with Crippen molar-refractivity contribution in [3.8, 4) is 0 Å². The Kier molecular flexibility index (Phi) is 3.97. The molecule has 1 N–H and O–H groups in total. The van der Waals surface area contributed by atoms with Gasteiger partial charge >= 0.3 is 0 Å². The summed E-state index contributed by atoms with van der Waals surface area (Å²) >= 11 is 3.29. The van der Waals surface area contributed by atoms with E-state index >= 15 is 0 Å². The van der Waals surface area contributed by atoms with Gasteiger partial charge in [-0.3, -0.25) is 0 Å². The van der Waals surface area contributed by atoms with Crippen LogP contribution in [0.15, 0.2) is 42.5 Å². The van der Waals surface area contributed by atoms with Gasteiger partial charge in [0.15, 0.2) is 0 Å². The quantitative estimate of drug-likeness (QED) is 0.849. The topological polar surface area (TPSA) is 20.2 Å². The van der Waals surface area contributed by atoms with Crippen molar-refractivity contribution in [2.24, 2.45) is 0 Å². The number of alkyl halides is 1. The van der Waals surface area contributed by atoms with E-state index in [2.05, 4.69) is 58.4 Å². The SMILES string of the molecule is OC(CBr)CCc1cccc2ccccc12. The minimum Gasteiger partial charge on any atom is -0.392 e. The summed E-state index contributed by atoms with van der Waals surface area (Å²) < 4.78 is 0. The Balaban J connectivity index is 2.23. The Bertz CT molecular complexity index is 462. The molecule has 1 nitrogen and oxygen atoms in total. The van der Waals surface area contributed by atoms with Gasteiger partial charge in [0.1, 0.15) is 0 Å². The number of aryl methyl sites for hydroxylation is 1. The van der Waals surface area contributed by atoms with Crippen LogP contribution in [-0.4, -0.2) is 16.5 Å². The van der Waals surface area contributed by atoms with Crippen molar-refractivity contribution in [2.75, 3.05) is 5.33 Å². The predicted molar refractivity (Wildman–Crippen MR) is 72.1 cm³/mol. The maximum Gasteiger partial charge on any atom is 0.0640 e. The van der Waals surface area contributed by atoms with Crippen LogP contribution in [-0.2, 0) is 6.42 Å². The molecule has 16 heavy (non-hydrogen) atoms. The van der Waals surface area contributed by atoms with Gasteiger partial charge in [0.05, 0.1) is 6.10 Å². The molecule has 2 aromatic carbocycles. The first-order valence-corrected chi connectivity index (χ1v) is 6.64. The summed E-state index contributed by atoms with van der Waals surface area (Å²) in [5.74, 6) is 0. The standard InChI is InChI=1S/C14H15BrO/c15-10-13(16)9-8-12-6-3-5-11-4-1-2-7-14(11)12/h1-7,13,16H,8-10H2. The zero-order chi connectivity index (χ0) is 11.4. The molecule has 0 saturated heterocycles. The molecule has 0 saturated carbocycles. The van der Waals surface area contributed by atoms with E-state index in [1.165, 1.54) is 16.3 Å². The first-order valence-electron chi connectivity index (χ1n) is 5.52.